The highest BCUT2D eigenvalue weighted by molar-refractivity contribution is 6.31. The molecule has 2 amide bonds. The van der Waals surface area contributed by atoms with Crippen LogP contribution in [0.5, 0.6) is 0 Å². The van der Waals surface area contributed by atoms with Crippen LogP contribution in [0.3, 0.4) is 0 Å². The monoisotopic (exact) mass is 349 g/mol. The summed E-state index contributed by atoms with van der Waals surface area (Å²) in [7, 11) is 0. The van der Waals surface area contributed by atoms with Crippen LogP contribution in [0.4, 0.5) is 5.88 Å². The van der Waals surface area contributed by atoms with E-state index < -0.39 is 22.8 Å². The van der Waals surface area contributed by atoms with Gasteiger partial charge in [0, 0.05) is 23.7 Å². The van der Waals surface area contributed by atoms with Crippen LogP contribution in [0.25, 0.3) is 0 Å². The summed E-state index contributed by atoms with van der Waals surface area (Å²) < 4.78 is 4.95. The van der Waals surface area contributed by atoms with Crippen LogP contribution in [0, 0.1) is 10.1 Å². The van der Waals surface area contributed by atoms with Gasteiger partial charge in [-0.3, -0.25) is 19.7 Å². The Bertz CT molecular complexity index is 819. The highest BCUT2D eigenvalue weighted by Gasteiger charge is 2.37. The van der Waals surface area contributed by atoms with E-state index in [2.05, 4.69) is 5.32 Å². The molecule has 0 aliphatic carbocycles. The molecule has 1 saturated heterocycles. The number of furan rings is 1. The number of nitrogens with zero attached hydrogens (tertiary/aromatic N) is 2. The van der Waals surface area contributed by atoms with Crippen LogP contribution in [0.15, 0.2) is 40.8 Å². The lowest BCUT2D eigenvalue weighted by molar-refractivity contribution is -0.402. The van der Waals surface area contributed by atoms with Crippen molar-refractivity contribution in [3.05, 3.63) is 62.9 Å². The van der Waals surface area contributed by atoms with Crippen molar-refractivity contribution >= 4 is 29.3 Å². The van der Waals surface area contributed by atoms with Crippen LogP contribution >= 0.6 is 11.6 Å². The molecule has 3 rings (SSSR count). The third-order valence-corrected chi connectivity index (χ3v) is 4.00. The Morgan fingerprint density at radius 3 is 2.75 bits per heavy atom. The van der Waals surface area contributed by atoms with Gasteiger partial charge in [0.15, 0.2) is 5.76 Å². The number of piperazine rings is 1. The molecule has 0 radical (unpaired) electrons. The van der Waals surface area contributed by atoms with Crippen molar-refractivity contribution in [1.82, 2.24) is 10.2 Å². The molecule has 2 heterocycles. The molecule has 1 unspecified atom stereocenters. The number of rotatable bonds is 3. The quantitative estimate of drug-likeness (QED) is 0.675. The summed E-state index contributed by atoms with van der Waals surface area (Å²) in [6.45, 7) is 0.503. The molecular formula is C15H12ClN3O5. The minimum atomic E-state index is -0.927. The molecule has 8 nitrogen and oxygen atoms in total. The Hall–Kier alpha value is -2.87. The fourth-order valence-corrected chi connectivity index (χ4v) is 2.81. The van der Waals surface area contributed by atoms with Gasteiger partial charge in [0.2, 0.25) is 5.91 Å². The topological polar surface area (TPSA) is 106 Å². The number of amides is 2. The fraction of sp³-hybridized carbons (Fsp3) is 0.200. The Labute approximate surface area is 141 Å². The minimum Gasteiger partial charge on any atom is -0.395 e. The van der Waals surface area contributed by atoms with Crippen LogP contribution in [-0.2, 0) is 4.79 Å². The van der Waals surface area contributed by atoms with Gasteiger partial charge in [0.05, 0.1) is 6.07 Å². The number of hydrogen-bond donors (Lipinski definition) is 1. The van der Waals surface area contributed by atoms with Crippen LogP contribution in [-0.4, -0.2) is 34.7 Å². The van der Waals surface area contributed by atoms with E-state index in [0.717, 1.165) is 6.07 Å². The van der Waals surface area contributed by atoms with Gasteiger partial charge in [-0.05, 0) is 12.1 Å². The van der Waals surface area contributed by atoms with Gasteiger partial charge in [-0.2, -0.15) is 0 Å². The Kier molecular flexibility index (Phi) is 4.22. The molecule has 0 bridgehead atoms. The fourth-order valence-electron chi connectivity index (χ4n) is 2.57. The van der Waals surface area contributed by atoms with Crippen molar-refractivity contribution in [2.45, 2.75) is 6.04 Å². The number of halogens is 1. The SMILES string of the molecule is O=C1NCCN(C(=O)c2ccc([N+](=O)[O-])o2)C1c1ccccc1Cl. The van der Waals surface area contributed by atoms with Crippen molar-refractivity contribution in [1.29, 1.82) is 0 Å². The average molecular weight is 350 g/mol. The summed E-state index contributed by atoms with van der Waals surface area (Å²) in [6, 6.07) is 8.10. The molecule has 1 aliphatic rings. The first-order valence-electron chi connectivity index (χ1n) is 7.06. The third kappa shape index (κ3) is 2.83. The second-order valence-electron chi connectivity index (χ2n) is 5.11. The number of carbonyl (C=O) groups excluding carboxylic acids is 2. The van der Waals surface area contributed by atoms with E-state index >= 15 is 0 Å². The smallest absolute Gasteiger partial charge is 0.395 e. The first kappa shape index (κ1) is 16.0. The van der Waals surface area contributed by atoms with E-state index in [1.165, 1.54) is 11.0 Å². The van der Waals surface area contributed by atoms with Crippen molar-refractivity contribution in [2.75, 3.05) is 13.1 Å². The molecule has 1 aromatic carbocycles. The molecular weight excluding hydrogens is 338 g/mol. The highest BCUT2D eigenvalue weighted by Crippen LogP contribution is 2.31. The van der Waals surface area contributed by atoms with Gasteiger partial charge < -0.3 is 14.6 Å². The summed E-state index contributed by atoms with van der Waals surface area (Å²) in [4.78, 5) is 36.2. The second-order valence-corrected chi connectivity index (χ2v) is 5.52. The van der Waals surface area contributed by atoms with Crippen molar-refractivity contribution in [2.24, 2.45) is 0 Å². The van der Waals surface area contributed by atoms with Gasteiger partial charge in [-0.15, -0.1) is 0 Å². The van der Waals surface area contributed by atoms with Gasteiger partial charge in [-0.25, -0.2) is 0 Å². The third-order valence-electron chi connectivity index (χ3n) is 3.66. The molecule has 24 heavy (non-hydrogen) atoms. The van der Waals surface area contributed by atoms with Gasteiger partial charge >= 0.3 is 5.88 Å². The molecule has 124 valence electrons. The summed E-state index contributed by atoms with van der Waals surface area (Å²) in [6.07, 6.45) is 0. The van der Waals surface area contributed by atoms with E-state index in [1.807, 2.05) is 0 Å². The molecule has 1 atom stereocenters. The number of benzene rings is 1. The largest absolute Gasteiger partial charge is 0.433 e. The standard InChI is InChI=1S/C15H12ClN3O5/c16-10-4-2-1-3-9(10)13-14(20)17-7-8-18(13)15(21)11-5-6-12(24-11)19(22)23/h1-6,13H,7-8H2,(H,17,20). The number of carbonyl (C=O) groups is 2. The van der Waals surface area contributed by atoms with Gasteiger partial charge in [0.25, 0.3) is 5.91 Å². The van der Waals surface area contributed by atoms with Crippen LogP contribution in [0.1, 0.15) is 22.2 Å². The first-order valence-corrected chi connectivity index (χ1v) is 7.44. The Balaban J connectivity index is 1.97. The zero-order valence-corrected chi connectivity index (χ0v) is 13.0. The molecule has 1 aliphatic heterocycles. The number of nitrogens with one attached hydrogen (secondary N) is 1. The normalized spacial score (nSPS) is 17.5. The lowest BCUT2D eigenvalue weighted by Crippen LogP contribution is -2.52. The molecule has 1 N–H and O–H groups in total. The minimum absolute atomic E-state index is 0.201. The molecule has 0 saturated carbocycles. The predicted octanol–water partition coefficient (Wildman–Crippen LogP) is 2.15. The van der Waals surface area contributed by atoms with E-state index in [1.54, 1.807) is 24.3 Å². The molecule has 0 spiro atoms. The lowest BCUT2D eigenvalue weighted by atomic mass is 10.0. The first-order chi connectivity index (χ1) is 11.5. The van der Waals surface area contributed by atoms with E-state index in [0.29, 0.717) is 10.6 Å². The van der Waals surface area contributed by atoms with E-state index in [9.17, 15) is 19.7 Å². The Morgan fingerprint density at radius 2 is 2.08 bits per heavy atom. The maximum absolute atomic E-state index is 12.7. The van der Waals surface area contributed by atoms with Crippen molar-refractivity contribution in [3.8, 4) is 0 Å². The van der Waals surface area contributed by atoms with E-state index in [4.69, 9.17) is 16.0 Å². The average Bonchev–Trinajstić information content (AvgIpc) is 3.05. The predicted molar refractivity (Wildman–Crippen MR) is 83.6 cm³/mol. The summed E-state index contributed by atoms with van der Waals surface area (Å²) in [5, 5.41) is 13.7. The van der Waals surface area contributed by atoms with Crippen molar-refractivity contribution < 1.29 is 18.9 Å². The van der Waals surface area contributed by atoms with E-state index in [-0.39, 0.29) is 24.8 Å². The highest BCUT2D eigenvalue weighted by atomic mass is 35.5. The second kappa shape index (κ2) is 6.32. The lowest BCUT2D eigenvalue weighted by Gasteiger charge is -2.35. The maximum Gasteiger partial charge on any atom is 0.433 e. The summed E-state index contributed by atoms with van der Waals surface area (Å²) in [5.41, 5.74) is 0.478. The summed E-state index contributed by atoms with van der Waals surface area (Å²) in [5.74, 6) is -1.71. The molecule has 1 fully saturated rings. The molecule has 2 aromatic rings. The zero-order valence-electron chi connectivity index (χ0n) is 12.3. The van der Waals surface area contributed by atoms with Crippen molar-refractivity contribution in [3.63, 3.8) is 0 Å². The number of hydrogen-bond acceptors (Lipinski definition) is 5. The zero-order chi connectivity index (χ0) is 17.3. The molecule has 9 heteroatoms. The van der Waals surface area contributed by atoms with Gasteiger partial charge in [0.1, 0.15) is 11.0 Å². The van der Waals surface area contributed by atoms with Crippen LogP contribution in [0.2, 0.25) is 5.02 Å². The Morgan fingerprint density at radius 1 is 1.33 bits per heavy atom. The number of nitro groups is 1. The van der Waals surface area contributed by atoms with Crippen LogP contribution < -0.4 is 5.32 Å². The van der Waals surface area contributed by atoms with Gasteiger partial charge in [-0.1, -0.05) is 29.8 Å². The maximum atomic E-state index is 12.7. The molecule has 1 aromatic heterocycles. The summed E-state index contributed by atoms with van der Waals surface area (Å²) >= 11 is 6.15.